The normalized spacial score (nSPS) is 21.2. The third kappa shape index (κ3) is 3.66. The number of nitrogens with zero attached hydrogens (tertiary/aromatic N) is 3. The molecule has 5 heteroatoms. The molecule has 0 radical (unpaired) electrons. The smallest absolute Gasteiger partial charge is 0.303 e. The third-order valence-electron chi connectivity index (χ3n) is 3.82. The number of aromatic nitrogens is 2. The Morgan fingerprint density at radius 3 is 3.11 bits per heavy atom. The zero-order valence-corrected chi connectivity index (χ0v) is 11.5. The van der Waals surface area contributed by atoms with Crippen LogP contribution >= 0.6 is 0 Å². The average molecular weight is 263 g/mol. The lowest BCUT2D eigenvalue weighted by atomic mass is 9.85. The van der Waals surface area contributed by atoms with Crippen molar-refractivity contribution in [2.24, 2.45) is 11.8 Å². The molecule has 2 rings (SSSR count). The topological polar surface area (TPSA) is 66.3 Å². The molecule has 1 saturated heterocycles. The maximum Gasteiger partial charge on any atom is 0.303 e. The Hall–Kier alpha value is -1.65. The number of rotatable bonds is 4. The van der Waals surface area contributed by atoms with Gasteiger partial charge in [-0.1, -0.05) is 6.92 Å². The van der Waals surface area contributed by atoms with Crippen molar-refractivity contribution < 1.29 is 9.90 Å². The molecule has 19 heavy (non-hydrogen) atoms. The fraction of sp³-hybridized carbons (Fsp3) is 0.643. The van der Waals surface area contributed by atoms with E-state index in [4.69, 9.17) is 5.11 Å². The van der Waals surface area contributed by atoms with E-state index in [0.717, 1.165) is 37.6 Å². The molecule has 0 bridgehead atoms. The molecule has 1 aromatic rings. The van der Waals surface area contributed by atoms with Crippen LogP contribution in [-0.2, 0) is 4.79 Å². The van der Waals surface area contributed by atoms with E-state index >= 15 is 0 Å². The van der Waals surface area contributed by atoms with Crippen molar-refractivity contribution in [1.29, 1.82) is 0 Å². The minimum Gasteiger partial charge on any atom is -0.481 e. The summed E-state index contributed by atoms with van der Waals surface area (Å²) >= 11 is 0. The van der Waals surface area contributed by atoms with Gasteiger partial charge in [0.15, 0.2) is 0 Å². The van der Waals surface area contributed by atoms with Crippen molar-refractivity contribution in [2.45, 2.75) is 33.1 Å². The van der Waals surface area contributed by atoms with Gasteiger partial charge in [0, 0.05) is 31.4 Å². The molecule has 1 fully saturated rings. The van der Waals surface area contributed by atoms with E-state index in [0.29, 0.717) is 5.92 Å². The quantitative estimate of drug-likeness (QED) is 0.901. The highest BCUT2D eigenvalue weighted by Crippen LogP contribution is 2.27. The molecule has 0 amide bonds. The summed E-state index contributed by atoms with van der Waals surface area (Å²) in [5, 5.41) is 8.90. The second kappa shape index (κ2) is 5.99. The number of anilines is 1. The molecule has 1 N–H and O–H groups in total. The van der Waals surface area contributed by atoms with Crippen LogP contribution in [0.2, 0.25) is 0 Å². The number of hydrogen-bond acceptors (Lipinski definition) is 4. The van der Waals surface area contributed by atoms with Crippen LogP contribution in [0.1, 0.15) is 31.9 Å². The van der Waals surface area contributed by atoms with Gasteiger partial charge >= 0.3 is 5.97 Å². The Morgan fingerprint density at radius 1 is 1.63 bits per heavy atom. The van der Waals surface area contributed by atoms with Crippen LogP contribution in [0, 0.1) is 18.8 Å². The molecular formula is C14H21N3O2. The fourth-order valence-corrected chi connectivity index (χ4v) is 2.69. The molecule has 1 aliphatic heterocycles. The van der Waals surface area contributed by atoms with Gasteiger partial charge in [-0.15, -0.1) is 0 Å². The monoisotopic (exact) mass is 263 g/mol. The summed E-state index contributed by atoms with van der Waals surface area (Å²) in [7, 11) is 0. The van der Waals surface area contributed by atoms with E-state index in [1.165, 1.54) is 0 Å². The van der Waals surface area contributed by atoms with E-state index in [2.05, 4.69) is 14.9 Å². The summed E-state index contributed by atoms with van der Waals surface area (Å²) in [5.74, 6) is 0.669. The van der Waals surface area contributed by atoms with Gasteiger partial charge in [0.05, 0.1) is 0 Å². The predicted molar refractivity (Wildman–Crippen MR) is 73.1 cm³/mol. The Labute approximate surface area is 113 Å². The molecule has 2 atom stereocenters. The molecule has 0 aliphatic carbocycles. The fourth-order valence-electron chi connectivity index (χ4n) is 2.69. The van der Waals surface area contributed by atoms with Crippen molar-refractivity contribution in [2.75, 3.05) is 18.0 Å². The molecule has 1 aliphatic rings. The lowest BCUT2D eigenvalue weighted by Crippen LogP contribution is -2.39. The molecule has 2 heterocycles. The van der Waals surface area contributed by atoms with E-state index in [-0.39, 0.29) is 12.3 Å². The lowest BCUT2D eigenvalue weighted by Gasteiger charge is -2.35. The summed E-state index contributed by atoms with van der Waals surface area (Å²) in [6.45, 7) is 5.80. The van der Waals surface area contributed by atoms with Crippen molar-refractivity contribution in [3.8, 4) is 0 Å². The second-order valence-corrected chi connectivity index (χ2v) is 5.42. The average Bonchev–Trinajstić information content (AvgIpc) is 2.38. The first kappa shape index (κ1) is 13.8. The van der Waals surface area contributed by atoms with Crippen LogP contribution in [0.5, 0.6) is 0 Å². The van der Waals surface area contributed by atoms with Gasteiger partial charge in [-0.3, -0.25) is 4.79 Å². The summed E-state index contributed by atoms with van der Waals surface area (Å²) in [5.41, 5.74) is 0.964. The van der Waals surface area contributed by atoms with Gasteiger partial charge in [0.2, 0.25) is 5.95 Å². The largest absolute Gasteiger partial charge is 0.481 e. The van der Waals surface area contributed by atoms with Crippen LogP contribution in [0.3, 0.4) is 0 Å². The number of hydrogen-bond donors (Lipinski definition) is 1. The van der Waals surface area contributed by atoms with Crippen molar-refractivity contribution in [3.05, 3.63) is 18.0 Å². The zero-order valence-electron chi connectivity index (χ0n) is 11.5. The summed E-state index contributed by atoms with van der Waals surface area (Å²) in [4.78, 5) is 21.8. The minimum atomic E-state index is -0.712. The van der Waals surface area contributed by atoms with Gasteiger partial charge in [-0.25, -0.2) is 9.97 Å². The van der Waals surface area contributed by atoms with Crippen molar-refractivity contribution in [1.82, 2.24) is 9.97 Å². The molecule has 0 aromatic carbocycles. The Morgan fingerprint density at radius 2 is 2.42 bits per heavy atom. The van der Waals surface area contributed by atoms with Crippen LogP contribution in [0.15, 0.2) is 12.3 Å². The molecular weight excluding hydrogens is 242 g/mol. The SMILES string of the molecule is Cc1ccnc(N2CCCC(C(C)CC(=O)O)C2)n1. The second-order valence-electron chi connectivity index (χ2n) is 5.42. The number of carboxylic acids is 1. The van der Waals surface area contributed by atoms with Crippen molar-refractivity contribution in [3.63, 3.8) is 0 Å². The Balaban J connectivity index is 2.02. The van der Waals surface area contributed by atoms with E-state index in [1.54, 1.807) is 6.20 Å². The first-order chi connectivity index (χ1) is 9.06. The first-order valence-corrected chi connectivity index (χ1v) is 6.82. The number of aliphatic carboxylic acids is 1. The highest BCUT2D eigenvalue weighted by atomic mass is 16.4. The van der Waals surface area contributed by atoms with Crippen LogP contribution in [0.25, 0.3) is 0 Å². The maximum atomic E-state index is 10.8. The molecule has 0 spiro atoms. The van der Waals surface area contributed by atoms with Gasteiger partial charge in [-0.05, 0) is 37.7 Å². The first-order valence-electron chi connectivity index (χ1n) is 6.82. The van der Waals surface area contributed by atoms with E-state index < -0.39 is 5.97 Å². The zero-order chi connectivity index (χ0) is 13.8. The standard InChI is InChI=1S/C14H21N3O2/c1-10(8-13(18)19)12-4-3-7-17(9-12)14-15-6-5-11(2)16-14/h5-6,10,12H,3-4,7-9H2,1-2H3,(H,18,19). The van der Waals surface area contributed by atoms with Crippen LogP contribution in [0.4, 0.5) is 5.95 Å². The molecule has 1 aromatic heterocycles. The summed E-state index contributed by atoms with van der Waals surface area (Å²) in [6.07, 6.45) is 4.19. The summed E-state index contributed by atoms with van der Waals surface area (Å²) in [6, 6.07) is 1.89. The number of carboxylic acid groups (broad SMARTS) is 1. The van der Waals surface area contributed by atoms with Crippen molar-refractivity contribution >= 4 is 11.9 Å². The molecule has 104 valence electrons. The molecule has 2 unspecified atom stereocenters. The predicted octanol–water partition coefficient (Wildman–Crippen LogP) is 2.11. The Kier molecular flexibility index (Phi) is 4.35. The van der Waals surface area contributed by atoms with Crippen LogP contribution in [-0.4, -0.2) is 34.1 Å². The van der Waals surface area contributed by atoms with E-state index in [9.17, 15) is 4.79 Å². The lowest BCUT2D eigenvalue weighted by molar-refractivity contribution is -0.138. The van der Waals surface area contributed by atoms with Gasteiger partial charge in [0.1, 0.15) is 0 Å². The molecule has 5 nitrogen and oxygen atoms in total. The highest BCUT2D eigenvalue weighted by molar-refractivity contribution is 5.67. The maximum absolute atomic E-state index is 10.8. The molecule has 0 saturated carbocycles. The Bertz CT molecular complexity index is 450. The minimum absolute atomic E-state index is 0.199. The van der Waals surface area contributed by atoms with Gasteiger partial charge in [0.25, 0.3) is 0 Å². The number of aryl methyl sites for hydroxylation is 1. The van der Waals surface area contributed by atoms with E-state index in [1.807, 2.05) is 19.9 Å². The highest BCUT2D eigenvalue weighted by Gasteiger charge is 2.27. The summed E-state index contributed by atoms with van der Waals surface area (Å²) < 4.78 is 0. The van der Waals surface area contributed by atoms with Crippen LogP contribution < -0.4 is 4.90 Å². The van der Waals surface area contributed by atoms with Gasteiger partial charge < -0.3 is 10.0 Å². The number of carbonyl (C=O) groups is 1. The van der Waals surface area contributed by atoms with Gasteiger partial charge in [-0.2, -0.15) is 0 Å². The number of piperidine rings is 1. The third-order valence-corrected chi connectivity index (χ3v) is 3.82.